The predicted octanol–water partition coefficient (Wildman–Crippen LogP) is 6.43. The Bertz CT molecular complexity index is 1520. The molecule has 1 aliphatic rings. The molecule has 0 aromatic heterocycles. The number of rotatable bonds is 10. The van der Waals surface area contributed by atoms with E-state index >= 15 is 0 Å². The van der Waals surface area contributed by atoms with Gasteiger partial charge in [0.15, 0.2) is 0 Å². The van der Waals surface area contributed by atoms with E-state index in [0.29, 0.717) is 13.0 Å². The number of ether oxygens (including phenoxy) is 1. The van der Waals surface area contributed by atoms with E-state index in [2.05, 4.69) is 39.8 Å². The third-order valence-electron chi connectivity index (χ3n) is 7.70. The molecule has 0 spiro atoms. The van der Waals surface area contributed by atoms with Gasteiger partial charge in [0.2, 0.25) is 0 Å². The van der Waals surface area contributed by atoms with Crippen molar-refractivity contribution in [2.75, 3.05) is 31.5 Å². The zero-order valence-electron chi connectivity index (χ0n) is 24.0. The van der Waals surface area contributed by atoms with Crippen molar-refractivity contribution in [1.29, 1.82) is 0 Å². The number of carbonyl (C=O) groups is 2. The number of para-hydroxylation sites is 1. The monoisotopic (exact) mass is 581 g/mol. The number of anilines is 1. The molecule has 5 rings (SSSR count). The maximum Gasteiger partial charge on any atom is 0.411 e. The van der Waals surface area contributed by atoms with Crippen LogP contribution in [0, 0.1) is 5.82 Å². The first-order chi connectivity index (χ1) is 20.9. The summed E-state index contributed by atoms with van der Waals surface area (Å²) in [4.78, 5) is 27.3. The molecule has 4 aromatic carbocycles. The van der Waals surface area contributed by atoms with Crippen LogP contribution in [0.2, 0.25) is 0 Å². The molecular weight excluding hydrogens is 545 g/mol. The van der Waals surface area contributed by atoms with E-state index in [0.717, 1.165) is 73.4 Å². The Morgan fingerprint density at radius 1 is 0.860 bits per heavy atom. The summed E-state index contributed by atoms with van der Waals surface area (Å²) in [6.07, 6.45) is 2.61. The fraction of sp³-hybridized carbons (Fsp3) is 0.257. The fourth-order valence-electron chi connectivity index (χ4n) is 5.27. The van der Waals surface area contributed by atoms with Crippen molar-refractivity contribution in [3.63, 3.8) is 0 Å². The molecule has 0 aliphatic carbocycles. The second kappa shape index (κ2) is 14.5. The molecule has 0 radical (unpaired) electrons. The van der Waals surface area contributed by atoms with Crippen LogP contribution >= 0.6 is 0 Å². The molecule has 1 saturated heterocycles. The van der Waals surface area contributed by atoms with Crippen LogP contribution in [0.25, 0.3) is 11.1 Å². The zero-order chi connectivity index (χ0) is 30.0. The normalized spacial score (nSPS) is 13.8. The highest BCUT2D eigenvalue weighted by Gasteiger charge is 2.22. The van der Waals surface area contributed by atoms with Crippen molar-refractivity contribution < 1.29 is 23.8 Å². The van der Waals surface area contributed by atoms with E-state index in [9.17, 15) is 19.1 Å². The Labute approximate surface area is 251 Å². The lowest BCUT2D eigenvalue weighted by atomic mass is 10.0. The molecule has 3 N–H and O–H groups in total. The molecule has 0 unspecified atom stereocenters. The van der Waals surface area contributed by atoms with Gasteiger partial charge in [-0.25, -0.2) is 9.18 Å². The third kappa shape index (κ3) is 8.42. The first kappa shape index (κ1) is 29.8. The zero-order valence-corrected chi connectivity index (χ0v) is 24.0. The minimum atomic E-state index is -0.569. The van der Waals surface area contributed by atoms with Gasteiger partial charge in [-0.3, -0.25) is 10.1 Å². The summed E-state index contributed by atoms with van der Waals surface area (Å²) < 4.78 is 19.1. The smallest absolute Gasteiger partial charge is 0.411 e. The minimum absolute atomic E-state index is 0.0705. The Balaban J connectivity index is 1.00. The molecule has 1 heterocycles. The highest BCUT2D eigenvalue weighted by molar-refractivity contribution is 5.96. The molecule has 0 saturated carbocycles. The standard InChI is InChI=1S/C35H36FN3O4/c36-28-14-15-33(40)31(24-28)34(41)37-20-16-25-10-12-26(13-11-25)17-21-39-22-18-29(19-23-39)43-35(42)38-32-9-5-4-8-30(32)27-6-2-1-3-7-27/h1-15,24,29,40H,16-23H2,(H,37,41)(H,38,42). The second-order valence-corrected chi connectivity index (χ2v) is 10.7. The lowest BCUT2D eigenvalue weighted by molar-refractivity contribution is 0.0593. The van der Waals surface area contributed by atoms with Crippen molar-refractivity contribution in [3.8, 4) is 16.9 Å². The van der Waals surface area contributed by atoms with Crippen LogP contribution in [0.3, 0.4) is 0 Å². The number of halogens is 1. The first-order valence-corrected chi connectivity index (χ1v) is 14.6. The largest absolute Gasteiger partial charge is 0.507 e. The predicted molar refractivity (Wildman–Crippen MR) is 166 cm³/mol. The molecule has 1 fully saturated rings. The molecule has 1 aliphatic heterocycles. The SMILES string of the molecule is O=C(Nc1ccccc1-c1ccccc1)OC1CCN(CCc2ccc(CCNC(=O)c3cc(F)ccc3O)cc2)CC1. The molecule has 4 aromatic rings. The number of amides is 2. The molecule has 0 bridgehead atoms. The van der Waals surface area contributed by atoms with E-state index in [1.807, 2.05) is 54.6 Å². The first-order valence-electron chi connectivity index (χ1n) is 14.6. The maximum absolute atomic E-state index is 13.4. The minimum Gasteiger partial charge on any atom is -0.507 e. The summed E-state index contributed by atoms with van der Waals surface area (Å²) in [6.45, 7) is 3.05. The van der Waals surface area contributed by atoms with Crippen LogP contribution in [0.15, 0.2) is 97.1 Å². The lowest BCUT2D eigenvalue weighted by Gasteiger charge is -2.31. The van der Waals surface area contributed by atoms with E-state index in [1.54, 1.807) is 0 Å². The number of aromatic hydroxyl groups is 1. The van der Waals surface area contributed by atoms with E-state index in [4.69, 9.17) is 4.74 Å². The number of likely N-dealkylation sites (tertiary alicyclic amines) is 1. The second-order valence-electron chi connectivity index (χ2n) is 10.7. The summed E-state index contributed by atoms with van der Waals surface area (Å²) in [5.41, 5.74) is 4.96. The van der Waals surface area contributed by atoms with Gasteiger partial charge in [-0.15, -0.1) is 0 Å². The van der Waals surface area contributed by atoms with Gasteiger partial charge in [-0.1, -0.05) is 72.8 Å². The van der Waals surface area contributed by atoms with E-state index in [1.165, 1.54) is 11.6 Å². The average Bonchev–Trinajstić information content (AvgIpc) is 3.03. The highest BCUT2D eigenvalue weighted by atomic mass is 19.1. The quantitative estimate of drug-likeness (QED) is 0.201. The van der Waals surface area contributed by atoms with Gasteiger partial charge >= 0.3 is 6.09 Å². The molecule has 7 nitrogen and oxygen atoms in total. The molecule has 0 atom stereocenters. The third-order valence-corrected chi connectivity index (χ3v) is 7.70. The van der Waals surface area contributed by atoms with Crippen molar-refractivity contribution >= 4 is 17.7 Å². The maximum atomic E-state index is 13.4. The Morgan fingerprint density at radius 2 is 1.53 bits per heavy atom. The molecule has 8 heteroatoms. The van der Waals surface area contributed by atoms with Gasteiger partial charge < -0.3 is 20.1 Å². The van der Waals surface area contributed by atoms with Crippen molar-refractivity contribution in [2.45, 2.75) is 31.8 Å². The number of nitrogens with zero attached hydrogens (tertiary/aromatic N) is 1. The van der Waals surface area contributed by atoms with Crippen LogP contribution < -0.4 is 10.6 Å². The number of phenols is 1. The van der Waals surface area contributed by atoms with Crippen molar-refractivity contribution in [2.24, 2.45) is 0 Å². The number of phenolic OH excluding ortho intramolecular Hbond substituents is 1. The average molecular weight is 582 g/mol. The van der Waals surface area contributed by atoms with Crippen molar-refractivity contribution in [1.82, 2.24) is 10.2 Å². The van der Waals surface area contributed by atoms with Crippen LogP contribution in [0.5, 0.6) is 5.75 Å². The molecule has 2 amide bonds. The van der Waals surface area contributed by atoms with Gasteiger partial charge in [-0.2, -0.15) is 0 Å². The van der Waals surface area contributed by atoms with Crippen LogP contribution in [-0.4, -0.2) is 54.3 Å². The number of hydrogen-bond donors (Lipinski definition) is 3. The van der Waals surface area contributed by atoms with Gasteiger partial charge in [0.05, 0.1) is 11.3 Å². The molecular formula is C35H36FN3O4. The van der Waals surface area contributed by atoms with E-state index in [-0.39, 0.29) is 17.4 Å². The van der Waals surface area contributed by atoms with Crippen LogP contribution in [0.4, 0.5) is 14.9 Å². The van der Waals surface area contributed by atoms with Gasteiger partial charge in [0.1, 0.15) is 17.7 Å². The number of piperidine rings is 1. The summed E-state index contributed by atoms with van der Waals surface area (Å²) >= 11 is 0. The Hall–Kier alpha value is -4.69. The summed E-state index contributed by atoms with van der Waals surface area (Å²) in [5.74, 6) is -1.32. The number of nitrogens with one attached hydrogen (secondary N) is 2. The fourth-order valence-corrected chi connectivity index (χ4v) is 5.27. The lowest BCUT2D eigenvalue weighted by Crippen LogP contribution is -2.39. The Morgan fingerprint density at radius 3 is 2.28 bits per heavy atom. The van der Waals surface area contributed by atoms with Gasteiger partial charge in [0.25, 0.3) is 5.91 Å². The highest BCUT2D eigenvalue weighted by Crippen LogP contribution is 2.28. The van der Waals surface area contributed by atoms with Gasteiger partial charge in [-0.05, 0) is 66.6 Å². The van der Waals surface area contributed by atoms with E-state index < -0.39 is 17.8 Å². The van der Waals surface area contributed by atoms with Gasteiger partial charge in [0, 0.05) is 31.7 Å². The van der Waals surface area contributed by atoms with Crippen LogP contribution in [-0.2, 0) is 17.6 Å². The summed E-state index contributed by atoms with van der Waals surface area (Å²) in [5, 5.41) is 15.4. The summed E-state index contributed by atoms with van der Waals surface area (Å²) in [6, 6.07) is 29.3. The van der Waals surface area contributed by atoms with Crippen molar-refractivity contribution in [3.05, 3.63) is 120 Å². The number of benzene rings is 4. The topological polar surface area (TPSA) is 90.9 Å². The Kier molecular flexibility index (Phi) is 10.0. The van der Waals surface area contributed by atoms with Crippen LogP contribution in [0.1, 0.15) is 34.3 Å². The number of hydrogen-bond acceptors (Lipinski definition) is 5. The number of carbonyl (C=O) groups excluding carboxylic acids is 2. The summed E-state index contributed by atoms with van der Waals surface area (Å²) in [7, 11) is 0. The molecule has 43 heavy (non-hydrogen) atoms. The molecule has 222 valence electrons.